The molecule has 0 aliphatic rings. The molecule has 0 bridgehead atoms. The Balaban J connectivity index is 2.37. The molecule has 0 fully saturated rings. The maximum Gasteiger partial charge on any atom is 0.416 e. The predicted octanol–water partition coefficient (Wildman–Crippen LogP) is 5.63. The Labute approximate surface area is 115 Å². The molecule has 0 N–H and O–H groups in total. The van der Waals surface area contributed by atoms with Crippen LogP contribution in [0.15, 0.2) is 42.5 Å². The highest BCUT2D eigenvalue weighted by Crippen LogP contribution is 2.32. The van der Waals surface area contributed by atoms with Gasteiger partial charge in [-0.15, -0.1) is 0 Å². The molecule has 0 heterocycles. The van der Waals surface area contributed by atoms with Crippen LogP contribution in [0.1, 0.15) is 30.9 Å². The highest BCUT2D eigenvalue weighted by atomic mass is 19.4. The summed E-state index contributed by atoms with van der Waals surface area (Å²) in [5.41, 5.74) is 0.868. The van der Waals surface area contributed by atoms with Crippen LogP contribution in [-0.4, -0.2) is 0 Å². The van der Waals surface area contributed by atoms with Gasteiger partial charge in [0.1, 0.15) is 5.82 Å². The summed E-state index contributed by atoms with van der Waals surface area (Å²) in [6, 6.07) is 9.33. The van der Waals surface area contributed by atoms with Crippen molar-refractivity contribution >= 4 is 0 Å². The van der Waals surface area contributed by atoms with Crippen LogP contribution in [0.5, 0.6) is 0 Å². The van der Waals surface area contributed by atoms with Crippen LogP contribution >= 0.6 is 0 Å². The van der Waals surface area contributed by atoms with Crippen molar-refractivity contribution in [3.63, 3.8) is 0 Å². The molecule has 0 aromatic heterocycles. The minimum Gasteiger partial charge on any atom is -0.206 e. The van der Waals surface area contributed by atoms with Crippen molar-refractivity contribution in [2.75, 3.05) is 0 Å². The van der Waals surface area contributed by atoms with Crippen LogP contribution in [0.4, 0.5) is 17.6 Å². The van der Waals surface area contributed by atoms with Crippen molar-refractivity contribution in [1.82, 2.24) is 0 Å². The Hall–Kier alpha value is -1.84. The molecule has 106 valence electrons. The van der Waals surface area contributed by atoms with Crippen molar-refractivity contribution < 1.29 is 17.6 Å². The lowest BCUT2D eigenvalue weighted by molar-refractivity contribution is -0.137. The molecule has 0 aliphatic carbocycles. The molecule has 20 heavy (non-hydrogen) atoms. The normalized spacial score (nSPS) is 11.9. The second kappa shape index (κ2) is 5.27. The summed E-state index contributed by atoms with van der Waals surface area (Å²) in [5.74, 6) is -0.220. The fourth-order valence-electron chi connectivity index (χ4n) is 1.96. The Morgan fingerprint density at radius 1 is 0.900 bits per heavy atom. The molecule has 0 saturated heterocycles. The first-order valence-corrected chi connectivity index (χ1v) is 6.26. The second-order valence-electron chi connectivity index (χ2n) is 4.97. The summed E-state index contributed by atoms with van der Waals surface area (Å²) >= 11 is 0. The molecule has 0 amide bonds. The monoisotopic (exact) mass is 282 g/mol. The van der Waals surface area contributed by atoms with Gasteiger partial charge in [0.2, 0.25) is 0 Å². The Kier molecular flexibility index (Phi) is 3.84. The molecule has 2 aromatic rings. The number of hydrogen-bond acceptors (Lipinski definition) is 0. The fourth-order valence-corrected chi connectivity index (χ4v) is 1.96. The molecule has 0 unspecified atom stereocenters. The van der Waals surface area contributed by atoms with Crippen LogP contribution in [0.2, 0.25) is 0 Å². The molecule has 0 spiro atoms. The molecular weight excluding hydrogens is 268 g/mol. The van der Waals surface area contributed by atoms with Gasteiger partial charge in [0.05, 0.1) is 5.56 Å². The van der Waals surface area contributed by atoms with Crippen LogP contribution < -0.4 is 0 Å². The Morgan fingerprint density at radius 2 is 1.50 bits per heavy atom. The van der Waals surface area contributed by atoms with Gasteiger partial charge in [-0.25, -0.2) is 4.39 Å². The summed E-state index contributed by atoms with van der Waals surface area (Å²) in [6.45, 7) is 3.90. The summed E-state index contributed by atoms with van der Waals surface area (Å²) in [7, 11) is 0. The van der Waals surface area contributed by atoms with Crippen molar-refractivity contribution in [3.8, 4) is 11.1 Å². The fraction of sp³-hybridized carbons (Fsp3) is 0.250. The van der Waals surface area contributed by atoms with E-state index in [9.17, 15) is 17.6 Å². The van der Waals surface area contributed by atoms with Gasteiger partial charge in [-0.2, -0.15) is 13.2 Å². The predicted molar refractivity (Wildman–Crippen MR) is 70.9 cm³/mol. The first-order valence-electron chi connectivity index (χ1n) is 6.26. The minimum absolute atomic E-state index is 0.200. The molecule has 0 radical (unpaired) electrons. The van der Waals surface area contributed by atoms with Gasteiger partial charge in [0, 0.05) is 5.56 Å². The summed E-state index contributed by atoms with van der Waals surface area (Å²) in [6.07, 6.45) is -4.38. The maximum atomic E-state index is 14.0. The molecular formula is C16H14F4. The van der Waals surface area contributed by atoms with E-state index in [1.54, 1.807) is 12.1 Å². The third-order valence-corrected chi connectivity index (χ3v) is 3.18. The molecule has 4 heteroatoms. The van der Waals surface area contributed by atoms with Crippen LogP contribution in [-0.2, 0) is 6.18 Å². The van der Waals surface area contributed by atoms with Gasteiger partial charge in [-0.05, 0) is 35.2 Å². The molecule has 2 aromatic carbocycles. The lowest BCUT2D eigenvalue weighted by atomic mass is 9.97. The average molecular weight is 282 g/mol. The first-order chi connectivity index (χ1) is 9.29. The van der Waals surface area contributed by atoms with Crippen molar-refractivity contribution in [1.29, 1.82) is 0 Å². The van der Waals surface area contributed by atoms with Gasteiger partial charge in [-0.3, -0.25) is 0 Å². The Bertz CT molecular complexity index is 595. The summed E-state index contributed by atoms with van der Waals surface area (Å²) < 4.78 is 51.4. The van der Waals surface area contributed by atoms with Gasteiger partial charge in [0.15, 0.2) is 0 Å². The lowest BCUT2D eigenvalue weighted by Gasteiger charge is -2.10. The van der Waals surface area contributed by atoms with Crippen molar-refractivity contribution in [3.05, 3.63) is 59.4 Å². The highest BCUT2D eigenvalue weighted by Gasteiger charge is 2.30. The second-order valence-corrected chi connectivity index (χ2v) is 4.97. The SMILES string of the molecule is CC(C)c1ccc(-c2ccc(C(F)(F)F)cc2)c(F)c1. The zero-order valence-corrected chi connectivity index (χ0v) is 11.1. The van der Waals surface area contributed by atoms with Crippen LogP contribution in [0, 0.1) is 5.82 Å². The quantitative estimate of drug-likeness (QED) is 0.626. The highest BCUT2D eigenvalue weighted by molar-refractivity contribution is 5.65. The third kappa shape index (κ3) is 3.00. The summed E-state index contributed by atoms with van der Waals surface area (Å²) in [4.78, 5) is 0. The average Bonchev–Trinajstić information content (AvgIpc) is 2.37. The lowest BCUT2D eigenvalue weighted by Crippen LogP contribution is -2.04. The van der Waals surface area contributed by atoms with E-state index in [0.29, 0.717) is 11.1 Å². The van der Waals surface area contributed by atoms with E-state index < -0.39 is 17.6 Å². The van der Waals surface area contributed by atoms with E-state index in [1.165, 1.54) is 18.2 Å². The number of alkyl halides is 3. The maximum absolute atomic E-state index is 14.0. The molecule has 0 nitrogen and oxygen atoms in total. The zero-order valence-electron chi connectivity index (χ0n) is 11.1. The van der Waals surface area contributed by atoms with E-state index in [0.717, 1.165) is 17.7 Å². The van der Waals surface area contributed by atoms with Gasteiger partial charge in [-0.1, -0.05) is 38.1 Å². The third-order valence-electron chi connectivity index (χ3n) is 3.18. The van der Waals surface area contributed by atoms with Gasteiger partial charge >= 0.3 is 6.18 Å². The van der Waals surface area contributed by atoms with E-state index in [-0.39, 0.29) is 5.92 Å². The number of halogens is 4. The van der Waals surface area contributed by atoms with E-state index >= 15 is 0 Å². The molecule has 0 atom stereocenters. The largest absolute Gasteiger partial charge is 0.416 e. The standard InChI is InChI=1S/C16H14F4/c1-10(2)12-5-8-14(15(17)9-12)11-3-6-13(7-4-11)16(18,19)20/h3-10H,1-2H3. The minimum atomic E-state index is -4.38. The number of benzene rings is 2. The van der Waals surface area contributed by atoms with E-state index in [4.69, 9.17) is 0 Å². The molecule has 0 aliphatic heterocycles. The zero-order chi connectivity index (χ0) is 14.9. The first kappa shape index (κ1) is 14.6. The van der Waals surface area contributed by atoms with Gasteiger partial charge < -0.3 is 0 Å². The van der Waals surface area contributed by atoms with Crippen molar-refractivity contribution in [2.45, 2.75) is 25.9 Å². The Morgan fingerprint density at radius 3 is 1.95 bits per heavy atom. The van der Waals surface area contributed by atoms with Crippen molar-refractivity contribution in [2.24, 2.45) is 0 Å². The smallest absolute Gasteiger partial charge is 0.206 e. The van der Waals surface area contributed by atoms with Gasteiger partial charge in [0.25, 0.3) is 0 Å². The van der Waals surface area contributed by atoms with Crippen LogP contribution in [0.25, 0.3) is 11.1 Å². The number of rotatable bonds is 2. The number of hydrogen-bond donors (Lipinski definition) is 0. The van der Waals surface area contributed by atoms with Crippen LogP contribution in [0.3, 0.4) is 0 Å². The summed E-state index contributed by atoms with van der Waals surface area (Å²) in [5, 5.41) is 0. The topological polar surface area (TPSA) is 0 Å². The molecule has 2 rings (SSSR count). The van der Waals surface area contributed by atoms with E-state index in [2.05, 4.69) is 0 Å². The molecule has 0 saturated carbocycles. The van der Waals surface area contributed by atoms with E-state index in [1.807, 2.05) is 13.8 Å².